The molecule has 1 aliphatic rings. The Kier molecular flexibility index (Phi) is 10.8. The molecule has 0 heterocycles. The average molecular weight is 387 g/mol. The van der Waals surface area contributed by atoms with Crippen LogP contribution in [0.1, 0.15) is 102 Å². The van der Waals surface area contributed by atoms with E-state index >= 15 is 0 Å². The Bertz CT molecular complexity index is 588. The number of carbonyl (C=O) groups is 1. The predicted molar refractivity (Wildman–Crippen MR) is 117 cm³/mol. The van der Waals surface area contributed by atoms with Gasteiger partial charge in [-0.05, 0) is 61.8 Å². The van der Waals surface area contributed by atoms with Gasteiger partial charge in [0.15, 0.2) is 6.10 Å². The quantitative estimate of drug-likeness (QED) is 0.381. The van der Waals surface area contributed by atoms with Crippen molar-refractivity contribution < 1.29 is 14.6 Å². The Labute approximate surface area is 171 Å². The lowest BCUT2D eigenvalue weighted by Gasteiger charge is -2.16. The van der Waals surface area contributed by atoms with Crippen molar-refractivity contribution in [3.63, 3.8) is 0 Å². The van der Waals surface area contributed by atoms with Gasteiger partial charge in [0, 0.05) is 0 Å². The van der Waals surface area contributed by atoms with Gasteiger partial charge in [-0.1, -0.05) is 76.5 Å². The van der Waals surface area contributed by atoms with Crippen LogP contribution >= 0.6 is 0 Å². The van der Waals surface area contributed by atoms with Gasteiger partial charge in [0.25, 0.3) is 0 Å². The number of aliphatic carboxylic acids is 1. The second-order valence-corrected chi connectivity index (χ2v) is 8.06. The highest BCUT2D eigenvalue weighted by Gasteiger charge is 2.19. The van der Waals surface area contributed by atoms with Crippen LogP contribution in [-0.2, 0) is 4.79 Å². The lowest BCUT2D eigenvalue weighted by atomic mass is 9.95. The maximum Gasteiger partial charge on any atom is 0.344 e. The van der Waals surface area contributed by atoms with Crippen LogP contribution in [-0.4, -0.2) is 17.2 Å². The third-order valence-electron chi connectivity index (χ3n) is 5.64. The molecule has 156 valence electrons. The number of carboxylic acids is 1. The van der Waals surface area contributed by atoms with Crippen LogP contribution in [0.25, 0.3) is 5.57 Å². The zero-order chi connectivity index (χ0) is 20.0. The average Bonchev–Trinajstić information content (AvgIpc) is 2.67. The number of allylic oxidation sites excluding steroid dienone is 2. The third kappa shape index (κ3) is 8.50. The van der Waals surface area contributed by atoms with Crippen molar-refractivity contribution >= 4 is 11.5 Å². The molecule has 1 N–H and O–H groups in total. The summed E-state index contributed by atoms with van der Waals surface area (Å²) in [4.78, 5) is 11.6. The van der Waals surface area contributed by atoms with Gasteiger partial charge in [-0.3, -0.25) is 0 Å². The molecule has 0 radical (unpaired) electrons. The van der Waals surface area contributed by atoms with Crippen molar-refractivity contribution in [1.29, 1.82) is 0 Å². The van der Waals surface area contributed by atoms with Gasteiger partial charge in [-0.25, -0.2) is 4.79 Å². The van der Waals surface area contributed by atoms with Crippen LogP contribution in [0, 0.1) is 0 Å². The zero-order valence-electron chi connectivity index (χ0n) is 17.6. The highest BCUT2D eigenvalue weighted by atomic mass is 16.5. The Hall–Kier alpha value is -1.77. The first-order valence-corrected chi connectivity index (χ1v) is 11.4. The van der Waals surface area contributed by atoms with Crippen molar-refractivity contribution in [3.8, 4) is 5.75 Å². The third-order valence-corrected chi connectivity index (χ3v) is 5.64. The second kappa shape index (κ2) is 13.4. The lowest BCUT2D eigenvalue weighted by Crippen LogP contribution is -2.26. The van der Waals surface area contributed by atoms with Crippen LogP contribution in [0.5, 0.6) is 5.75 Å². The number of unbranched alkanes of at least 4 members (excludes halogenated alkanes) is 6. The van der Waals surface area contributed by atoms with E-state index in [9.17, 15) is 9.90 Å². The van der Waals surface area contributed by atoms with E-state index in [1.165, 1.54) is 68.9 Å². The van der Waals surface area contributed by atoms with Crippen molar-refractivity contribution in [2.45, 2.75) is 103 Å². The van der Waals surface area contributed by atoms with Gasteiger partial charge in [0.1, 0.15) is 5.75 Å². The summed E-state index contributed by atoms with van der Waals surface area (Å²) >= 11 is 0. The molecule has 0 fully saturated rings. The van der Waals surface area contributed by atoms with Crippen LogP contribution in [0.15, 0.2) is 30.3 Å². The first-order valence-electron chi connectivity index (χ1n) is 11.4. The SMILES string of the molecule is CCCCCCCCCC(Oc1ccc(C2=CCCCCCC2)cc1)C(=O)O. The van der Waals surface area contributed by atoms with E-state index in [2.05, 4.69) is 25.1 Å². The molecule has 1 unspecified atom stereocenters. The molecule has 0 saturated carbocycles. The molecule has 1 aliphatic carbocycles. The van der Waals surface area contributed by atoms with Gasteiger partial charge >= 0.3 is 5.97 Å². The molecule has 2 rings (SSSR count). The van der Waals surface area contributed by atoms with Crippen molar-refractivity contribution in [2.75, 3.05) is 0 Å². The largest absolute Gasteiger partial charge is 0.479 e. The maximum absolute atomic E-state index is 11.6. The molecule has 0 bridgehead atoms. The van der Waals surface area contributed by atoms with Gasteiger partial charge in [0.2, 0.25) is 0 Å². The van der Waals surface area contributed by atoms with E-state index in [1.807, 2.05) is 12.1 Å². The predicted octanol–water partition coefficient (Wildman–Crippen LogP) is 7.40. The summed E-state index contributed by atoms with van der Waals surface area (Å²) in [5.74, 6) is -0.205. The van der Waals surface area contributed by atoms with Crippen molar-refractivity contribution in [3.05, 3.63) is 35.9 Å². The zero-order valence-corrected chi connectivity index (χ0v) is 17.6. The van der Waals surface area contributed by atoms with E-state index < -0.39 is 12.1 Å². The molecule has 0 aromatic heterocycles. The molecule has 1 aromatic rings. The number of benzene rings is 1. The Balaban J connectivity index is 1.81. The number of rotatable bonds is 12. The molecule has 0 spiro atoms. The summed E-state index contributed by atoms with van der Waals surface area (Å²) in [6.45, 7) is 2.22. The van der Waals surface area contributed by atoms with Crippen LogP contribution < -0.4 is 4.74 Å². The number of carboxylic acid groups (broad SMARTS) is 1. The second-order valence-electron chi connectivity index (χ2n) is 8.06. The van der Waals surface area contributed by atoms with Gasteiger partial charge < -0.3 is 9.84 Å². The molecule has 0 aliphatic heterocycles. The highest BCUT2D eigenvalue weighted by Crippen LogP contribution is 2.27. The summed E-state index contributed by atoms with van der Waals surface area (Å²) in [6.07, 6.45) is 18.0. The summed E-state index contributed by atoms with van der Waals surface area (Å²) in [6, 6.07) is 8.01. The smallest absolute Gasteiger partial charge is 0.344 e. The van der Waals surface area contributed by atoms with Crippen LogP contribution in [0.2, 0.25) is 0 Å². The van der Waals surface area contributed by atoms with Crippen molar-refractivity contribution in [2.24, 2.45) is 0 Å². The monoisotopic (exact) mass is 386 g/mol. The first-order chi connectivity index (χ1) is 13.7. The number of ether oxygens (including phenoxy) is 1. The molecule has 28 heavy (non-hydrogen) atoms. The minimum Gasteiger partial charge on any atom is -0.479 e. The van der Waals surface area contributed by atoms with E-state index in [0.29, 0.717) is 12.2 Å². The van der Waals surface area contributed by atoms with Gasteiger partial charge in [0.05, 0.1) is 0 Å². The van der Waals surface area contributed by atoms with E-state index in [0.717, 1.165) is 25.7 Å². The lowest BCUT2D eigenvalue weighted by molar-refractivity contribution is -0.145. The van der Waals surface area contributed by atoms with E-state index in [-0.39, 0.29) is 0 Å². The highest BCUT2D eigenvalue weighted by molar-refractivity contribution is 5.72. The molecule has 0 saturated heterocycles. The topological polar surface area (TPSA) is 46.5 Å². The van der Waals surface area contributed by atoms with Gasteiger partial charge in [-0.15, -0.1) is 0 Å². The molecule has 1 aromatic carbocycles. The fourth-order valence-electron chi connectivity index (χ4n) is 3.89. The Morgan fingerprint density at radius 1 is 0.964 bits per heavy atom. The summed E-state index contributed by atoms with van der Waals surface area (Å²) < 4.78 is 5.79. The minimum atomic E-state index is -0.863. The number of hydrogen-bond donors (Lipinski definition) is 1. The van der Waals surface area contributed by atoms with Crippen LogP contribution in [0.3, 0.4) is 0 Å². The normalized spacial score (nSPS) is 16.0. The summed E-state index contributed by atoms with van der Waals surface area (Å²) in [7, 11) is 0. The molecular weight excluding hydrogens is 348 g/mol. The number of hydrogen-bond acceptors (Lipinski definition) is 2. The molecule has 0 amide bonds. The van der Waals surface area contributed by atoms with E-state index in [1.54, 1.807) is 0 Å². The molecule has 3 heteroatoms. The first kappa shape index (κ1) is 22.5. The maximum atomic E-state index is 11.6. The van der Waals surface area contributed by atoms with Crippen molar-refractivity contribution in [1.82, 2.24) is 0 Å². The standard InChI is InChI=1S/C25H38O3/c1-2-3-4-5-6-10-13-16-24(25(26)27)28-23-19-17-22(18-20-23)21-14-11-8-7-9-12-15-21/h14,17-20,24H,2-13,15-16H2,1H3,(H,26,27). The summed E-state index contributed by atoms with van der Waals surface area (Å²) in [5.41, 5.74) is 2.66. The summed E-state index contributed by atoms with van der Waals surface area (Å²) in [5, 5.41) is 9.49. The fraction of sp³-hybridized carbons (Fsp3) is 0.640. The van der Waals surface area contributed by atoms with Gasteiger partial charge in [-0.2, -0.15) is 0 Å². The molecule has 3 nitrogen and oxygen atoms in total. The Morgan fingerprint density at radius 2 is 1.64 bits per heavy atom. The Morgan fingerprint density at radius 3 is 2.36 bits per heavy atom. The molecular formula is C25H38O3. The fourth-order valence-corrected chi connectivity index (χ4v) is 3.89. The molecule has 1 atom stereocenters. The van der Waals surface area contributed by atoms with E-state index in [4.69, 9.17) is 4.74 Å². The van der Waals surface area contributed by atoms with Crippen LogP contribution in [0.4, 0.5) is 0 Å². The minimum absolute atomic E-state index is 0.579.